The van der Waals surface area contributed by atoms with Gasteiger partial charge in [-0.05, 0) is 62.0 Å². The predicted octanol–water partition coefficient (Wildman–Crippen LogP) is 2.66. The van der Waals surface area contributed by atoms with Gasteiger partial charge in [-0.3, -0.25) is 4.68 Å². The first-order valence-corrected chi connectivity index (χ1v) is 8.46. The Balaban J connectivity index is 2.15. The van der Waals surface area contributed by atoms with Gasteiger partial charge in [0, 0.05) is 19.0 Å². The Morgan fingerprint density at radius 2 is 2.05 bits per heavy atom. The van der Waals surface area contributed by atoms with Crippen molar-refractivity contribution in [3.05, 3.63) is 15.9 Å². The summed E-state index contributed by atoms with van der Waals surface area (Å²) in [4.78, 5) is 0. The third-order valence-corrected chi connectivity index (χ3v) is 5.43. The highest BCUT2D eigenvalue weighted by molar-refractivity contribution is 9.10. The fourth-order valence-corrected chi connectivity index (χ4v) is 3.82. The number of aliphatic hydroxyl groups is 1. The minimum absolute atomic E-state index is 0.556. The average Bonchev–Trinajstić information content (AvgIpc) is 2.76. The van der Waals surface area contributed by atoms with Crippen molar-refractivity contribution in [2.24, 2.45) is 0 Å². The zero-order chi connectivity index (χ0) is 14.8. The molecule has 0 unspecified atom stereocenters. The van der Waals surface area contributed by atoms with Crippen molar-refractivity contribution >= 4 is 15.9 Å². The highest BCUT2D eigenvalue weighted by Gasteiger charge is 2.34. The zero-order valence-corrected chi connectivity index (χ0v) is 14.3. The molecule has 0 aromatic carbocycles. The molecule has 1 aliphatic rings. The summed E-state index contributed by atoms with van der Waals surface area (Å²) >= 11 is 3.67. The topological polar surface area (TPSA) is 50.1 Å². The summed E-state index contributed by atoms with van der Waals surface area (Å²) in [5, 5.41) is 18.8. The first-order chi connectivity index (χ1) is 9.53. The molecule has 1 saturated carbocycles. The van der Waals surface area contributed by atoms with E-state index in [1.165, 1.54) is 0 Å². The molecule has 114 valence electrons. The number of aromatic nitrogens is 2. The van der Waals surface area contributed by atoms with Crippen LogP contribution in [0.4, 0.5) is 0 Å². The highest BCUT2D eigenvalue weighted by atomic mass is 79.9. The summed E-state index contributed by atoms with van der Waals surface area (Å²) in [5.41, 5.74) is 1.66. The second-order valence-corrected chi connectivity index (χ2v) is 6.63. The normalized spacial score (nSPS) is 26.9. The lowest BCUT2D eigenvalue weighted by Gasteiger charge is -2.36. The van der Waals surface area contributed by atoms with Crippen LogP contribution in [0.2, 0.25) is 0 Å². The fraction of sp³-hybridized carbons (Fsp3) is 0.800. The molecule has 1 aromatic heterocycles. The van der Waals surface area contributed by atoms with E-state index in [1.54, 1.807) is 0 Å². The lowest BCUT2D eigenvalue weighted by atomic mass is 9.79. The predicted molar refractivity (Wildman–Crippen MR) is 84.9 cm³/mol. The van der Waals surface area contributed by atoms with E-state index in [0.29, 0.717) is 12.5 Å². The molecule has 2 rings (SSSR count). The monoisotopic (exact) mass is 343 g/mol. The zero-order valence-electron chi connectivity index (χ0n) is 12.7. The first-order valence-electron chi connectivity index (χ1n) is 7.66. The Hall–Kier alpha value is -0.390. The van der Waals surface area contributed by atoms with Crippen molar-refractivity contribution in [1.29, 1.82) is 0 Å². The molecule has 4 nitrogen and oxygen atoms in total. The van der Waals surface area contributed by atoms with Crippen LogP contribution in [-0.2, 0) is 19.4 Å². The van der Waals surface area contributed by atoms with Gasteiger partial charge in [0.25, 0.3) is 0 Å². The van der Waals surface area contributed by atoms with Gasteiger partial charge < -0.3 is 10.4 Å². The van der Waals surface area contributed by atoms with Crippen molar-refractivity contribution in [1.82, 2.24) is 15.1 Å². The molecule has 1 aromatic rings. The summed E-state index contributed by atoms with van der Waals surface area (Å²) in [7, 11) is 2.01. The van der Waals surface area contributed by atoms with Gasteiger partial charge in [-0.1, -0.05) is 6.92 Å². The maximum atomic E-state index is 10.9. The van der Waals surface area contributed by atoms with Crippen molar-refractivity contribution in [2.45, 2.75) is 70.6 Å². The third-order valence-electron chi connectivity index (χ3n) is 4.52. The molecule has 0 atom stereocenters. The number of nitrogens with zero attached hydrogens (tertiary/aromatic N) is 2. The molecule has 0 amide bonds. The number of aryl methyl sites for hydroxylation is 2. The average molecular weight is 344 g/mol. The van der Waals surface area contributed by atoms with Crippen LogP contribution in [0.15, 0.2) is 4.47 Å². The third kappa shape index (κ3) is 3.26. The van der Waals surface area contributed by atoms with Crippen LogP contribution in [0, 0.1) is 0 Å². The van der Waals surface area contributed by atoms with Crippen LogP contribution in [0.1, 0.15) is 50.9 Å². The summed E-state index contributed by atoms with van der Waals surface area (Å²) in [6.07, 6.45) is 5.44. The van der Waals surface area contributed by atoms with Crippen LogP contribution in [0.25, 0.3) is 0 Å². The van der Waals surface area contributed by atoms with E-state index in [4.69, 9.17) is 0 Å². The van der Waals surface area contributed by atoms with E-state index in [0.717, 1.165) is 54.5 Å². The Kier molecular flexibility index (Phi) is 5.26. The second kappa shape index (κ2) is 6.58. The van der Waals surface area contributed by atoms with Crippen LogP contribution < -0.4 is 5.32 Å². The Bertz CT molecular complexity index is 450. The highest BCUT2D eigenvalue weighted by Crippen LogP contribution is 2.34. The van der Waals surface area contributed by atoms with Gasteiger partial charge in [-0.25, -0.2) is 0 Å². The van der Waals surface area contributed by atoms with Gasteiger partial charge in [-0.15, -0.1) is 0 Å². The van der Waals surface area contributed by atoms with Gasteiger partial charge in [0.05, 0.1) is 21.5 Å². The number of nitrogens with one attached hydrogen (secondary N) is 1. The largest absolute Gasteiger partial charge is 0.389 e. The van der Waals surface area contributed by atoms with Crippen molar-refractivity contribution in [3.8, 4) is 0 Å². The van der Waals surface area contributed by atoms with Crippen LogP contribution in [0.5, 0.6) is 0 Å². The first kappa shape index (κ1) is 16.0. The molecular formula is C15H26BrN3O. The standard InChI is InChI=1S/C15H26BrN3O/c1-4-12-14(16)13(19(5-2)18-12)10-15(20)8-6-11(17-3)7-9-15/h11,17,20H,4-10H2,1-3H3. The molecule has 5 heteroatoms. The van der Waals surface area contributed by atoms with Gasteiger partial charge in [0.15, 0.2) is 0 Å². The summed E-state index contributed by atoms with van der Waals surface area (Å²) in [6.45, 7) is 5.07. The molecule has 0 bridgehead atoms. The number of rotatable bonds is 5. The minimum Gasteiger partial charge on any atom is -0.389 e. The van der Waals surface area contributed by atoms with Gasteiger partial charge >= 0.3 is 0 Å². The molecule has 1 aliphatic carbocycles. The lowest BCUT2D eigenvalue weighted by molar-refractivity contribution is -0.00418. The van der Waals surface area contributed by atoms with Crippen molar-refractivity contribution in [3.63, 3.8) is 0 Å². The lowest BCUT2D eigenvalue weighted by Crippen LogP contribution is -2.42. The van der Waals surface area contributed by atoms with Gasteiger partial charge in [-0.2, -0.15) is 5.10 Å². The molecular weight excluding hydrogens is 318 g/mol. The SMILES string of the molecule is CCc1nn(CC)c(CC2(O)CCC(NC)CC2)c1Br. The minimum atomic E-state index is -0.576. The molecule has 1 heterocycles. The summed E-state index contributed by atoms with van der Waals surface area (Å²) < 4.78 is 3.12. The Labute approximate surface area is 130 Å². The molecule has 0 radical (unpaired) electrons. The van der Waals surface area contributed by atoms with Crippen LogP contribution >= 0.6 is 15.9 Å². The van der Waals surface area contributed by atoms with Gasteiger partial charge in [0.2, 0.25) is 0 Å². The van der Waals surface area contributed by atoms with Gasteiger partial charge in [0.1, 0.15) is 0 Å². The van der Waals surface area contributed by atoms with E-state index in [-0.39, 0.29) is 0 Å². The number of hydrogen-bond acceptors (Lipinski definition) is 3. The number of hydrogen-bond donors (Lipinski definition) is 2. The molecule has 0 spiro atoms. The fourth-order valence-electron chi connectivity index (χ4n) is 3.12. The van der Waals surface area contributed by atoms with Crippen molar-refractivity contribution < 1.29 is 5.11 Å². The Morgan fingerprint density at radius 1 is 1.40 bits per heavy atom. The number of halogens is 1. The summed E-state index contributed by atoms with van der Waals surface area (Å²) in [5.74, 6) is 0. The summed E-state index contributed by atoms with van der Waals surface area (Å²) in [6, 6.07) is 0.556. The van der Waals surface area contributed by atoms with E-state index in [1.807, 2.05) is 11.7 Å². The molecule has 0 saturated heterocycles. The van der Waals surface area contributed by atoms with E-state index in [9.17, 15) is 5.11 Å². The van der Waals surface area contributed by atoms with Crippen LogP contribution in [0.3, 0.4) is 0 Å². The maximum Gasteiger partial charge on any atom is 0.0766 e. The quantitative estimate of drug-likeness (QED) is 0.863. The van der Waals surface area contributed by atoms with E-state index < -0.39 is 5.60 Å². The van der Waals surface area contributed by atoms with E-state index in [2.05, 4.69) is 40.2 Å². The molecule has 0 aliphatic heterocycles. The molecule has 1 fully saturated rings. The molecule has 20 heavy (non-hydrogen) atoms. The van der Waals surface area contributed by atoms with E-state index >= 15 is 0 Å². The smallest absolute Gasteiger partial charge is 0.0766 e. The van der Waals surface area contributed by atoms with Crippen molar-refractivity contribution in [2.75, 3.05) is 7.05 Å². The molecule has 2 N–H and O–H groups in total. The second-order valence-electron chi connectivity index (χ2n) is 5.84. The maximum absolute atomic E-state index is 10.9. The Morgan fingerprint density at radius 3 is 2.55 bits per heavy atom. The van der Waals surface area contributed by atoms with Crippen LogP contribution in [-0.4, -0.2) is 33.6 Å².